The van der Waals surface area contributed by atoms with Crippen LogP contribution in [0.3, 0.4) is 0 Å². The van der Waals surface area contributed by atoms with E-state index in [0.717, 1.165) is 0 Å². The molecule has 0 bridgehead atoms. The average Bonchev–Trinajstić information content (AvgIpc) is 2.27. The summed E-state index contributed by atoms with van der Waals surface area (Å²) in [6.07, 6.45) is 2.44. The lowest BCUT2D eigenvalue weighted by molar-refractivity contribution is 0.368. The molecule has 0 amide bonds. The summed E-state index contributed by atoms with van der Waals surface area (Å²) in [5, 5.41) is 0. The van der Waals surface area contributed by atoms with Crippen molar-refractivity contribution in [1.82, 2.24) is 0 Å². The predicted molar refractivity (Wildman–Crippen MR) is 72.2 cm³/mol. The van der Waals surface area contributed by atoms with Crippen LogP contribution in [-0.2, 0) is 4.43 Å². The standard InChI is InChI=1S/C12H25ClOSi/c1-5-10(3)12(11(4)6-2)9-15-14-8-7-13/h9-11H,5-8,15H2,1-4H3. The van der Waals surface area contributed by atoms with Crippen LogP contribution in [0.5, 0.6) is 0 Å². The highest BCUT2D eigenvalue weighted by Gasteiger charge is 2.12. The first-order chi connectivity index (χ1) is 7.17. The van der Waals surface area contributed by atoms with Gasteiger partial charge in [-0.1, -0.05) is 39.0 Å². The van der Waals surface area contributed by atoms with E-state index in [4.69, 9.17) is 16.0 Å². The minimum Gasteiger partial charge on any atom is -0.418 e. The van der Waals surface area contributed by atoms with Gasteiger partial charge in [-0.2, -0.15) is 0 Å². The van der Waals surface area contributed by atoms with Gasteiger partial charge in [0.1, 0.15) is 0 Å². The molecule has 0 heterocycles. The molecule has 0 saturated carbocycles. The van der Waals surface area contributed by atoms with Crippen LogP contribution >= 0.6 is 11.6 Å². The predicted octanol–water partition coefficient (Wildman–Crippen LogP) is 3.30. The molecule has 0 aliphatic heterocycles. The molecule has 2 unspecified atom stereocenters. The zero-order valence-corrected chi connectivity index (χ0v) is 12.7. The third-order valence-electron chi connectivity index (χ3n) is 3.02. The molecule has 3 heteroatoms. The summed E-state index contributed by atoms with van der Waals surface area (Å²) in [6, 6.07) is 0. The second-order valence-electron chi connectivity index (χ2n) is 4.09. The topological polar surface area (TPSA) is 9.23 Å². The van der Waals surface area contributed by atoms with Crippen molar-refractivity contribution in [2.45, 2.75) is 40.5 Å². The largest absolute Gasteiger partial charge is 0.418 e. The zero-order chi connectivity index (χ0) is 11.7. The van der Waals surface area contributed by atoms with Crippen LogP contribution in [0.15, 0.2) is 11.3 Å². The van der Waals surface area contributed by atoms with E-state index < -0.39 is 9.76 Å². The van der Waals surface area contributed by atoms with Gasteiger partial charge >= 0.3 is 0 Å². The van der Waals surface area contributed by atoms with Crippen LogP contribution in [0.1, 0.15) is 40.5 Å². The summed E-state index contributed by atoms with van der Waals surface area (Å²) >= 11 is 5.57. The van der Waals surface area contributed by atoms with Crippen molar-refractivity contribution in [2.24, 2.45) is 11.8 Å². The van der Waals surface area contributed by atoms with Crippen LogP contribution in [0.4, 0.5) is 0 Å². The minimum atomic E-state index is -0.498. The Morgan fingerprint density at radius 3 is 2.20 bits per heavy atom. The third-order valence-corrected chi connectivity index (χ3v) is 4.34. The summed E-state index contributed by atoms with van der Waals surface area (Å²) < 4.78 is 5.53. The van der Waals surface area contributed by atoms with Gasteiger partial charge in [-0.25, -0.2) is 0 Å². The van der Waals surface area contributed by atoms with E-state index >= 15 is 0 Å². The number of rotatable bonds is 8. The zero-order valence-electron chi connectivity index (χ0n) is 10.6. The Morgan fingerprint density at radius 1 is 1.27 bits per heavy atom. The number of halogens is 1. The summed E-state index contributed by atoms with van der Waals surface area (Å²) in [5.74, 6) is 2.02. The first kappa shape index (κ1) is 15.2. The van der Waals surface area contributed by atoms with E-state index in [1.54, 1.807) is 5.57 Å². The molecular formula is C12H25ClOSi. The number of hydrogen-bond acceptors (Lipinski definition) is 1. The lowest BCUT2D eigenvalue weighted by Crippen LogP contribution is -2.10. The van der Waals surface area contributed by atoms with Crippen LogP contribution in [0, 0.1) is 11.8 Å². The molecular weight excluding hydrogens is 224 g/mol. The van der Waals surface area contributed by atoms with Crippen molar-refractivity contribution in [1.29, 1.82) is 0 Å². The molecule has 0 aromatic heterocycles. The molecule has 0 aliphatic carbocycles. The normalized spacial score (nSPS) is 15.5. The molecule has 0 fully saturated rings. The maximum atomic E-state index is 5.57. The SMILES string of the molecule is CCC(C)C(=C[SiH2]OCCCl)C(C)CC. The van der Waals surface area contributed by atoms with Crippen molar-refractivity contribution in [2.75, 3.05) is 12.5 Å². The Labute approximate surface area is 102 Å². The number of allylic oxidation sites excluding steroid dienone is 1. The van der Waals surface area contributed by atoms with Gasteiger partial charge in [0.15, 0.2) is 9.76 Å². The van der Waals surface area contributed by atoms with Crippen molar-refractivity contribution in [3.05, 3.63) is 11.3 Å². The fourth-order valence-electron chi connectivity index (χ4n) is 1.65. The van der Waals surface area contributed by atoms with Gasteiger partial charge in [0.2, 0.25) is 0 Å². The molecule has 90 valence electrons. The smallest absolute Gasteiger partial charge is 0.185 e. The van der Waals surface area contributed by atoms with Crippen LogP contribution in [-0.4, -0.2) is 22.3 Å². The Morgan fingerprint density at radius 2 is 1.80 bits per heavy atom. The summed E-state index contributed by atoms with van der Waals surface area (Å²) in [6.45, 7) is 9.84. The molecule has 2 atom stereocenters. The highest BCUT2D eigenvalue weighted by molar-refractivity contribution is 6.34. The molecule has 0 saturated heterocycles. The van der Waals surface area contributed by atoms with E-state index in [-0.39, 0.29) is 0 Å². The second-order valence-corrected chi connectivity index (χ2v) is 5.61. The fourth-order valence-corrected chi connectivity index (χ4v) is 3.37. The number of alkyl halides is 1. The maximum Gasteiger partial charge on any atom is 0.185 e. The highest BCUT2D eigenvalue weighted by Crippen LogP contribution is 2.24. The summed E-state index contributed by atoms with van der Waals surface area (Å²) in [5.41, 5.74) is 3.98. The van der Waals surface area contributed by atoms with Crippen LogP contribution in [0.25, 0.3) is 0 Å². The minimum absolute atomic E-state index is 0.498. The monoisotopic (exact) mass is 248 g/mol. The molecule has 0 spiro atoms. The van der Waals surface area contributed by atoms with E-state index in [2.05, 4.69) is 33.4 Å². The van der Waals surface area contributed by atoms with Crippen molar-refractivity contribution in [3.8, 4) is 0 Å². The van der Waals surface area contributed by atoms with E-state index in [9.17, 15) is 0 Å². The van der Waals surface area contributed by atoms with Gasteiger partial charge < -0.3 is 4.43 Å². The lowest BCUT2D eigenvalue weighted by atomic mass is 9.88. The van der Waals surface area contributed by atoms with Crippen molar-refractivity contribution < 1.29 is 4.43 Å². The van der Waals surface area contributed by atoms with E-state index in [1.165, 1.54) is 12.8 Å². The first-order valence-electron chi connectivity index (χ1n) is 6.00. The molecule has 1 nitrogen and oxygen atoms in total. The first-order valence-corrected chi connectivity index (χ1v) is 7.93. The van der Waals surface area contributed by atoms with Gasteiger partial charge in [-0.15, -0.1) is 11.6 Å². The van der Waals surface area contributed by atoms with E-state index in [0.29, 0.717) is 24.3 Å². The molecule has 0 N–H and O–H groups in total. The Kier molecular flexibility index (Phi) is 9.56. The Bertz CT molecular complexity index is 170. The molecule has 0 rings (SSSR count). The third kappa shape index (κ3) is 6.39. The van der Waals surface area contributed by atoms with Crippen LogP contribution < -0.4 is 0 Å². The Balaban J connectivity index is 4.21. The lowest BCUT2D eigenvalue weighted by Gasteiger charge is -2.20. The van der Waals surface area contributed by atoms with Gasteiger partial charge in [0.05, 0.1) is 0 Å². The molecule has 0 aromatic rings. The molecule has 15 heavy (non-hydrogen) atoms. The maximum absolute atomic E-state index is 5.57. The highest BCUT2D eigenvalue weighted by atomic mass is 35.5. The van der Waals surface area contributed by atoms with Gasteiger partial charge in [0, 0.05) is 12.5 Å². The van der Waals surface area contributed by atoms with Crippen LogP contribution in [0.2, 0.25) is 0 Å². The molecule has 0 radical (unpaired) electrons. The van der Waals surface area contributed by atoms with Gasteiger partial charge in [0.25, 0.3) is 0 Å². The van der Waals surface area contributed by atoms with E-state index in [1.807, 2.05) is 0 Å². The van der Waals surface area contributed by atoms with Crippen molar-refractivity contribution >= 4 is 21.4 Å². The van der Waals surface area contributed by atoms with Crippen molar-refractivity contribution in [3.63, 3.8) is 0 Å². The Hall–Kier alpha value is 0.207. The second kappa shape index (κ2) is 9.43. The fraction of sp³-hybridized carbons (Fsp3) is 0.833. The average molecular weight is 249 g/mol. The quantitative estimate of drug-likeness (QED) is 0.364. The molecule has 0 aromatic carbocycles. The summed E-state index contributed by atoms with van der Waals surface area (Å²) in [7, 11) is -0.498. The van der Waals surface area contributed by atoms with Gasteiger partial charge in [-0.3, -0.25) is 0 Å². The van der Waals surface area contributed by atoms with Gasteiger partial charge in [-0.05, 0) is 24.7 Å². The summed E-state index contributed by atoms with van der Waals surface area (Å²) in [4.78, 5) is 0. The molecule has 0 aliphatic rings. The number of hydrogen-bond donors (Lipinski definition) is 0.